The Morgan fingerprint density at radius 1 is 1.19 bits per heavy atom. The molecular formula is C18H30N6O2. The van der Waals surface area contributed by atoms with E-state index >= 15 is 0 Å². The van der Waals surface area contributed by atoms with E-state index in [1.165, 1.54) is 6.92 Å². The second kappa shape index (κ2) is 9.84. The van der Waals surface area contributed by atoms with Gasteiger partial charge in [-0.3, -0.25) is 4.79 Å². The van der Waals surface area contributed by atoms with Crippen molar-refractivity contribution in [1.82, 2.24) is 20.5 Å². The van der Waals surface area contributed by atoms with Gasteiger partial charge in [-0.05, 0) is 31.4 Å². The highest BCUT2D eigenvalue weighted by atomic mass is 16.2. The number of aromatic nitrogens is 1. The lowest BCUT2D eigenvalue weighted by Crippen LogP contribution is -2.43. The molecule has 8 nitrogen and oxygen atoms in total. The topological polar surface area (TPSA) is 89.6 Å². The molecule has 2 heterocycles. The summed E-state index contributed by atoms with van der Waals surface area (Å²) in [7, 11) is 3.94. The zero-order valence-corrected chi connectivity index (χ0v) is 15.9. The molecule has 0 saturated carbocycles. The first kappa shape index (κ1) is 19.8. The highest BCUT2D eigenvalue weighted by Crippen LogP contribution is 2.18. The SMILES string of the molecule is CC(=O)NCCNC(=O)N1CCC[C@H](Nc2ccc(N(C)C)nc2)CC1. The van der Waals surface area contributed by atoms with Crippen LogP contribution in [-0.4, -0.2) is 68.1 Å². The van der Waals surface area contributed by atoms with Gasteiger partial charge in [-0.2, -0.15) is 0 Å². The van der Waals surface area contributed by atoms with Gasteiger partial charge in [-0.1, -0.05) is 0 Å². The highest BCUT2D eigenvalue weighted by Gasteiger charge is 2.20. The van der Waals surface area contributed by atoms with Gasteiger partial charge in [0, 0.05) is 53.2 Å². The summed E-state index contributed by atoms with van der Waals surface area (Å²) < 4.78 is 0. The number of anilines is 2. The third kappa shape index (κ3) is 6.42. The zero-order chi connectivity index (χ0) is 18.9. The molecule has 1 fully saturated rings. The van der Waals surface area contributed by atoms with Crippen LogP contribution < -0.4 is 20.9 Å². The number of urea groups is 1. The van der Waals surface area contributed by atoms with Crippen LogP contribution >= 0.6 is 0 Å². The van der Waals surface area contributed by atoms with Crippen LogP contribution in [0.3, 0.4) is 0 Å². The maximum absolute atomic E-state index is 12.2. The number of carbonyl (C=O) groups is 2. The lowest BCUT2D eigenvalue weighted by molar-refractivity contribution is -0.118. The number of carbonyl (C=O) groups excluding carboxylic acids is 2. The highest BCUT2D eigenvalue weighted by molar-refractivity contribution is 5.75. The van der Waals surface area contributed by atoms with Gasteiger partial charge >= 0.3 is 6.03 Å². The minimum Gasteiger partial charge on any atom is -0.381 e. The summed E-state index contributed by atoms with van der Waals surface area (Å²) in [6.45, 7) is 3.83. The minimum absolute atomic E-state index is 0.0620. The molecule has 0 aliphatic carbocycles. The quantitative estimate of drug-likeness (QED) is 0.663. The molecule has 0 unspecified atom stereocenters. The van der Waals surface area contributed by atoms with Crippen LogP contribution in [0.25, 0.3) is 0 Å². The fourth-order valence-electron chi connectivity index (χ4n) is 2.94. The minimum atomic E-state index is -0.0870. The van der Waals surface area contributed by atoms with Crippen molar-refractivity contribution in [2.24, 2.45) is 0 Å². The van der Waals surface area contributed by atoms with E-state index in [0.717, 1.165) is 37.3 Å². The predicted molar refractivity (Wildman–Crippen MR) is 103 cm³/mol. The lowest BCUT2D eigenvalue weighted by atomic mass is 10.1. The van der Waals surface area contributed by atoms with E-state index in [1.807, 2.05) is 42.2 Å². The molecule has 3 N–H and O–H groups in total. The van der Waals surface area contributed by atoms with Gasteiger partial charge in [0.15, 0.2) is 0 Å². The van der Waals surface area contributed by atoms with Crippen molar-refractivity contribution >= 4 is 23.4 Å². The largest absolute Gasteiger partial charge is 0.381 e. The van der Waals surface area contributed by atoms with Crippen molar-refractivity contribution in [1.29, 1.82) is 0 Å². The molecule has 0 radical (unpaired) electrons. The number of amides is 3. The van der Waals surface area contributed by atoms with E-state index in [9.17, 15) is 9.59 Å². The Hall–Kier alpha value is -2.51. The fraction of sp³-hybridized carbons (Fsp3) is 0.611. The van der Waals surface area contributed by atoms with Crippen LogP contribution in [-0.2, 0) is 4.79 Å². The van der Waals surface area contributed by atoms with Crippen molar-refractivity contribution in [2.75, 3.05) is 50.5 Å². The number of nitrogens with zero attached hydrogens (tertiary/aromatic N) is 3. The summed E-state index contributed by atoms with van der Waals surface area (Å²) in [5, 5.41) is 9.05. The molecule has 1 saturated heterocycles. The lowest BCUT2D eigenvalue weighted by Gasteiger charge is -2.22. The normalized spacial score (nSPS) is 17.2. The average Bonchev–Trinajstić information content (AvgIpc) is 2.84. The van der Waals surface area contributed by atoms with E-state index in [4.69, 9.17) is 0 Å². The van der Waals surface area contributed by atoms with Crippen molar-refractivity contribution in [3.63, 3.8) is 0 Å². The molecule has 1 atom stereocenters. The summed E-state index contributed by atoms with van der Waals surface area (Å²) >= 11 is 0. The summed E-state index contributed by atoms with van der Waals surface area (Å²) in [6.07, 6.45) is 4.73. The van der Waals surface area contributed by atoms with Crippen LogP contribution in [0.2, 0.25) is 0 Å². The molecule has 3 amide bonds. The number of hydrogen-bond acceptors (Lipinski definition) is 5. The van der Waals surface area contributed by atoms with Crippen LogP contribution in [0.15, 0.2) is 18.3 Å². The number of hydrogen-bond donors (Lipinski definition) is 3. The van der Waals surface area contributed by atoms with Crippen molar-refractivity contribution in [2.45, 2.75) is 32.2 Å². The van der Waals surface area contributed by atoms with Gasteiger partial charge in [0.25, 0.3) is 0 Å². The molecule has 8 heteroatoms. The molecule has 1 aliphatic rings. The standard InChI is InChI=1S/C18H30N6O2/c1-14(25)19-9-10-20-18(26)24-11-4-5-15(8-12-24)22-16-6-7-17(21-13-16)23(2)3/h6-7,13,15,22H,4-5,8-12H2,1-3H3,(H,19,25)(H,20,26)/t15-/m0/s1. The van der Waals surface area contributed by atoms with Gasteiger partial charge in [0.2, 0.25) is 5.91 Å². The molecule has 0 aromatic carbocycles. The zero-order valence-electron chi connectivity index (χ0n) is 15.9. The Bertz CT molecular complexity index is 590. The van der Waals surface area contributed by atoms with Crippen LogP contribution in [0.4, 0.5) is 16.3 Å². The molecule has 2 rings (SSSR count). The van der Waals surface area contributed by atoms with Gasteiger partial charge in [0.05, 0.1) is 11.9 Å². The summed E-state index contributed by atoms with van der Waals surface area (Å²) in [4.78, 5) is 31.3. The maximum atomic E-state index is 12.2. The third-order valence-corrected chi connectivity index (χ3v) is 4.37. The Labute approximate surface area is 155 Å². The predicted octanol–water partition coefficient (Wildman–Crippen LogP) is 1.26. The second-order valence-electron chi connectivity index (χ2n) is 6.77. The van der Waals surface area contributed by atoms with Crippen LogP contribution in [0.5, 0.6) is 0 Å². The maximum Gasteiger partial charge on any atom is 0.317 e. The Morgan fingerprint density at radius 2 is 1.96 bits per heavy atom. The average molecular weight is 362 g/mol. The monoisotopic (exact) mass is 362 g/mol. The molecule has 0 bridgehead atoms. The van der Waals surface area contributed by atoms with Gasteiger partial charge < -0.3 is 25.8 Å². The summed E-state index contributed by atoms with van der Waals surface area (Å²) in [6, 6.07) is 4.31. The molecule has 26 heavy (non-hydrogen) atoms. The molecule has 1 aliphatic heterocycles. The van der Waals surface area contributed by atoms with Gasteiger partial charge in [-0.15, -0.1) is 0 Å². The van der Waals surface area contributed by atoms with E-state index in [-0.39, 0.29) is 11.9 Å². The Kier molecular flexibility index (Phi) is 7.50. The second-order valence-corrected chi connectivity index (χ2v) is 6.77. The molecule has 144 valence electrons. The molecule has 1 aromatic rings. The number of rotatable bonds is 6. The first-order valence-corrected chi connectivity index (χ1v) is 9.13. The van der Waals surface area contributed by atoms with Crippen molar-refractivity contribution < 1.29 is 9.59 Å². The third-order valence-electron chi connectivity index (χ3n) is 4.37. The van der Waals surface area contributed by atoms with Crippen molar-refractivity contribution in [3.05, 3.63) is 18.3 Å². The first-order chi connectivity index (χ1) is 12.5. The van der Waals surface area contributed by atoms with Gasteiger partial charge in [-0.25, -0.2) is 9.78 Å². The molecular weight excluding hydrogens is 332 g/mol. The van der Waals surface area contributed by atoms with E-state index < -0.39 is 0 Å². The van der Waals surface area contributed by atoms with E-state index in [2.05, 4.69) is 20.9 Å². The summed E-state index contributed by atoms with van der Waals surface area (Å²) in [5.41, 5.74) is 1.01. The summed E-state index contributed by atoms with van der Waals surface area (Å²) in [5.74, 6) is 0.842. The Balaban J connectivity index is 1.76. The fourth-order valence-corrected chi connectivity index (χ4v) is 2.94. The van der Waals surface area contributed by atoms with Gasteiger partial charge in [0.1, 0.15) is 5.82 Å². The molecule has 1 aromatic heterocycles. The van der Waals surface area contributed by atoms with E-state index in [1.54, 1.807) is 0 Å². The molecule has 0 spiro atoms. The Morgan fingerprint density at radius 3 is 2.62 bits per heavy atom. The van der Waals surface area contributed by atoms with Crippen LogP contribution in [0, 0.1) is 0 Å². The smallest absolute Gasteiger partial charge is 0.317 e. The van der Waals surface area contributed by atoms with Crippen molar-refractivity contribution in [3.8, 4) is 0 Å². The van der Waals surface area contributed by atoms with Crippen LogP contribution in [0.1, 0.15) is 26.2 Å². The first-order valence-electron chi connectivity index (χ1n) is 9.13. The number of pyridine rings is 1. The van der Waals surface area contributed by atoms with E-state index in [0.29, 0.717) is 25.7 Å². The number of likely N-dealkylation sites (tertiary alicyclic amines) is 1. The number of nitrogens with one attached hydrogen (secondary N) is 3.